The molecule has 0 heterocycles. The predicted molar refractivity (Wildman–Crippen MR) is 142 cm³/mol. The van der Waals surface area contributed by atoms with Gasteiger partial charge in [0.15, 0.2) is 0 Å². The van der Waals surface area contributed by atoms with Crippen LogP contribution in [0.2, 0.25) is 10.0 Å². The van der Waals surface area contributed by atoms with Crippen LogP contribution in [0.25, 0.3) is 0 Å². The van der Waals surface area contributed by atoms with Gasteiger partial charge in [-0.2, -0.15) is 0 Å². The van der Waals surface area contributed by atoms with Gasteiger partial charge < -0.3 is 10.2 Å². The average Bonchev–Trinajstić information content (AvgIpc) is 2.81. The Hall–Kier alpha value is -2.36. The highest BCUT2D eigenvalue weighted by Gasteiger charge is 2.27. The molecule has 36 heavy (non-hydrogen) atoms. The predicted octanol–water partition coefficient (Wildman–Crippen LogP) is 5.01. The molecule has 0 radical (unpaired) electrons. The molecule has 0 aliphatic rings. The minimum Gasteiger partial charge on any atom is -0.354 e. The van der Waals surface area contributed by atoms with Crippen molar-refractivity contribution >= 4 is 50.7 Å². The van der Waals surface area contributed by atoms with Crippen LogP contribution < -0.4 is 9.62 Å². The Kier molecular flexibility index (Phi) is 11.5. The molecule has 2 aromatic carbocycles. The molecule has 2 amide bonds. The van der Waals surface area contributed by atoms with E-state index in [9.17, 15) is 22.4 Å². The van der Waals surface area contributed by atoms with Crippen LogP contribution in [0, 0.1) is 5.82 Å². The largest absolute Gasteiger partial charge is 0.354 e. The fourth-order valence-corrected chi connectivity index (χ4v) is 5.07. The van der Waals surface area contributed by atoms with Gasteiger partial charge in [-0.3, -0.25) is 13.9 Å². The van der Waals surface area contributed by atoms with E-state index < -0.39 is 21.9 Å². The first-order valence-electron chi connectivity index (χ1n) is 11.7. The van der Waals surface area contributed by atoms with Crippen LogP contribution in [0.1, 0.15) is 45.1 Å². The zero-order valence-corrected chi connectivity index (χ0v) is 23.0. The Morgan fingerprint density at radius 2 is 1.67 bits per heavy atom. The number of anilines is 1. The highest BCUT2D eigenvalue weighted by molar-refractivity contribution is 7.92. The van der Waals surface area contributed by atoms with E-state index >= 15 is 0 Å². The molecular formula is C25H32Cl2FN3O4S. The van der Waals surface area contributed by atoms with Crippen molar-refractivity contribution < 1.29 is 22.4 Å². The van der Waals surface area contributed by atoms with Gasteiger partial charge in [-0.05, 0) is 56.2 Å². The number of carbonyl (C=O) groups excluding carboxylic acids is 2. The first-order chi connectivity index (χ1) is 17.0. The Morgan fingerprint density at radius 1 is 1.06 bits per heavy atom. The second kappa shape index (κ2) is 13.8. The molecule has 0 aliphatic heterocycles. The first-order valence-corrected chi connectivity index (χ1v) is 14.3. The van der Waals surface area contributed by atoms with Crippen molar-refractivity contribution in [2.75, 3.05) is 23.7 Å². The third-order valence-corrected chi connectivity index (χ3v) is 7.56. The molecule has 0 spiro atoms. The molecule has 0 aliphatic carbocycles. The van der Waals surface area contributed by atoms with Gasteiger partial charge in [0.2, 0.25) is 21.8 Å². The number of hydrogen-bond acceptors (Lipinski definition) is 4. The Bertz CT molecular complexity index is 1130. The molecule has 11 heteroatoms. The fraction of sp³-hybridized carbons (Fsp3) is 0.440. The maximum absolute atomic E-state index is 13.3. The smallest absolute Gasteiger partial charge is 0.242 e. The molecule has 0 fully saturated rings. The number of carbonyl (C=O) groups is 2. The van der Waals surface area contributed by atoms with Gasteiger partial charge in [-0.15, -0.1) is 0 Å². The topological polar surface area (TPSA) is 86.8 Å². The molecule has 7 nitrogen and oxygen atoms in total. The summed E-state index contributed by atoms with van der Waals surface area (Å²) in [7, 11) is -3.66. The molecule has 198 valence electrons. The van der Waals surface area contributed by atoms with Crippen molar-refractivity contribution in [3.63, 3.8) is 0 Å². The molecule has 1 atom stereocenters. The molecule has 0 bridgehead atoms. The van der Waals surface area contributed by atoms with Crippen LogP contribution in [0.15, 0.2) is 42.5 Å². The second-order valence-corrected chi connectivity index (χ2v) is 11.2. The molecule has 2 aromatic rings. The van der Waals surface area contributed by atoms with Crippen molar-refractivity contribution in [3.05, 3.63) is 63.9 Å². The minimum atomic E-state index is -3.66. The van der Waals surface area contributed by atoms with E-state index in [0.717, 1.165) is 23.4 Å². The molecule has 1 N–H and O–H groups in total. The lowest BCUT2D eigenvalue weighted by Gasteiger charge is -2.30. The summed E-state index contributed by atoms with van der Waals surface area (Å²) in [4.78, 5) is 27.5. The number of hydrogen-bond donors (Lipinski definition) is 1. The zero-order valence-electron chi connectivity index (χ0n) is 20.6. The normalized spacial score (nSPS) is 12.2. The highest BCUT2D eigenvalue weighted by atomic mass is 35.5. The van der Waals surface area contributed by atoms with Crippen molar-refractivity contribution in [2.24, 2.45) is 0 Å². The Morgan fingerprint density at radius 3 is 2.22 bits per heavy atom. The van der Waals surface area contributed by atoms with Gasteiger partial charge in [0.1, 0.15) is 11.9 Å². The van der Waals surface area contributed by atoms with Crippen LogP contribution in [0.5, 0.6) is 0 Å². The van der Waals surface area contributed by atoms with E-state index in [1.165, 1.54) is 29.2 Å². The van der Waals surface area contributed by atoms with E-state index in [4.69, 9.17) is 23.2 Å². The Labute approximate surface area is 222 Å². The summed E-state index contributed by atoms with van der Waals surface area (Å²) in [6.45, 7) is 4.17. The maximum Gasteiger partial charge on any atom is 0.242 e. The van der Waals surface area contributed by atoms with Gasteiger partial charge in [0, 0.05) is 41.7 Å². The number of halogens is 3. The number of rotatable bonds is 13. The molecule has 0 saturated carbocycles. The summed E-state index contributed by atoms with van der Waals surface area (Å²) in [5, 5.41) is 3.58. The third kappa shape index (κ3) is 8.64. The quantitative estimate of drug-likeness (QED) is 0.349. The standard InChI is InChI=1S/C25H32Cl2FN3O4S/c1-4-5-15-29-25(33)18(2)30(17-21-22(26)8-6-9-23(21)27)24(32)10-7-16-31(36(3,34)35)20-13-11-19(28)12-14-20/h6,8-9,11-14,18H,4-5,7,10,15-17H2,1-3H3,(H,29,33)/t18-/m1/s1. The van der Waals surface area contributed by atoms with Crippen molar-refractivity contribution in [2.45, 2.75) is 52.1 Å². The Balaban J connectivity index is 2.19. The van der Waals surface area contributed by atoms with Crippen LogP contribution in [-0.2, 0) is 26.2 Å². The molecule has 0 aromatic heterocycles. The number of sulfonamides is 1. The fourth-order valence-electron chi connectivity index (χ4n) is 3.58. The SMILES string of the molecule is CCCCNC(=O)[C@@H](C)N(Cc1c(Cl)cccc1Cl)C(=O)CCCN(c1ccc(F)cc1)S(C)(=O)=O. The van der Waals surface area contributed by atoms with Crippen LogP contribution >= 0.6 is 23.2 Å². The van der Waals surface area contributed by atoms with E-state index in [1.807, 2.05) is 6.92 Å². The van der Waals surface area contributed by atoms with E-state index in [0.29, 0.717) is 27.8 Å². The number of benzene rings is 2. The summed E-state index contributed by atoms with van der Waals surface area (Å²) in [5.74, 6) is -1.14. The summed E-state index contributed by atoms with van der Waals surface area (Å²) >= 11 is 12.6. The molecular weight excluding hydrogens is 528 g/mol. The minimum absolute atomic E-state index is 0.00791. The average molecular weight is 561 g/mol. The van der Waals surface area contributed by atoms with Crippen LogP contribution in [0.4, 0.5) is 10.1 Å². The lowest BCUT2D eigenvalue weighted by atomic mass is 10.1. The van der Waals surface area contributed by atoms with Gasteiger partial charge in [-0.1, -0.05) is 42.6 Å². The summed E-state index contributed by atoms with van der Waals surface area (Å²) in [5.41, 5.74) is 0.821. The number of nitrogens with one attached hydrogen (secondary N) is 1. The zero-order chi connectivity index (χ0) is 26.9. The van der Waals surface area contributed by atoms with Crippen molar-refractivity contribution in [1.82, 2.24) is 10.2 Å². The maximum atomic E-state index is 13.3. The molecule has 0 unspecified atom stereocenters. The monoisotopic (exact) mass is 559 g/mol. The lowest BCUT2D eigenvalue weighted by molar-refractivity contribution is -0.140. The van der Waals surface area contributed by atoms with Gasteiger partial charge >= 0.3 is 0 Å². The second-order valence-electron chi connectivity index (χ2n) is 8.46. The summed E-state index contributed by atoms with van der Waals surface area (Å²) in [6, 6.07) is 9.29. The highest BCUT2D eigenvalue weighted by Crippen LogP contribution is 2.27. The van der Waals surface area contributed by atoms with Gasteiger partial charge in [0.05, 0.1) is 11.9 Å². The molecule has 2 rings (SSSR count). The van der Waals surface area contributed by atoms with Gasteiger partial charge in [-0.25, -0.2) is 12.8 Å². The third-order valence-electron chi connectivity index (χ3n) is 5.65. The number of nitrogens with zero attached hydrogens (tertiary/aromatic N) is 2. The van der Waals surface area contributed by atoms with Gasteiger partial charge in [0.25, 0.3) is 0 Å². The van der Waals surface area contributed by atoms with Crippen LogP contribution in [0.3, 0.4) is 0 Å². The first kappa shape index (κ1) is 29.9. The van der Waals surface area contributed by atoms with Crippen molar-refractivity contribution in [1.29, 1.82) is 0 Å². The molecule has 0 saturated heterocycles. The van der Waals surface area contributed by atoms with E-state index in [-0.39, 0.29) is 37.7 Å². The van der Waals surface area contributed by atoms with Crippen molar-refractivity contribution in [3.8, 4) is 0 Å². The van der Waals surface area contributed by atoms with Crippen LogP contribution in [-0.4, -0.2) is 50.5 Å². The van der Waals surface area contributed by atoms with E-state index in [2.05, 4.69) is 5.32 Å². The summed E-state index contributed by atoms with van der Waals surface area (Å²) < 4.78 is 39.1. The number of unbranched alkanes of at least 4 members (excludes halogenated alkanes) is 1. The van der Waals surface area contributed by atoms with E-state index in [1.54, 1.807) is 25.1 Å². The number of amides is 2. The lowest BCUT2D eigenvalue weighted by Crippen LogP contribution is -2.48. The summed E-state index contributed by atoms with van der Waals surface area (Å²) in [6.07, 6.45) is 2.93.